The Morgan fingerprint density at radius 3 is 3.11 bits per heavy atom. The number of hydrogen-bond acceptors (Lipinski definition) is 3. The lowest BCUT2D eigenvalue weighted by Crippen LogP contribution is -2.41. The van der Waals surface area contributed by atoms with E-state index in [1.54, 1.807) is 16.9 Å². The zero-order valence-electron chi connectivity index (χ0n) is 10.8. The number of thioether (sulfide) groups is 1. The minimum absolute atomic E-state index is 0.151. The number of nitrogens with one attached hydrogen (secondary N) is 2. The summed E-state index contributed by atoms with van der Waals surface area (Å²) in [6.07, 6.45) is 5.29. The SMILES string of the molecule is CCS[C@@H]1CCC[C@H]1NC(=O)Nc1ccn(C)n1. The summed E-state index contributed by atoms with van der Waals surface area (Å²) in [7, 11) is 1.83. The molecule has 1 fully saturated rings. The maximum Gasteiger partial charge on any atom is 0.320 e. The van der Waals surface area contributed by atoms with Crippen molar-refractivity contribution in [1.82, 2.24) is 15.1 Å². The topological polar surface area (TPSA) is 59.0 Å². The van der Waals surface area contributed by atoms with Gasteiger partial charge in [0.1, 0.15) is 0 Å². The Hall–Kier alpha value is -1.17. The number of amides is 2. The van der Waals surface area contributed by atoms with Crippen LogP contribution < -0.4 is 10.6 Å². The lowest BCUT2D eigenvalue weighted by atomic mass is 10.2. The first-order chi connectivity index (χ1) is 8.69. The zero-order valence-corrected chi connectivity index (χ0v) is 11.7. The number of urea groups is 1. The molecule has 0 aromatic carbocycles. The van der Waals surface area contributed by atoms with Crippen LogP contribution in [0.3, 0.4) is 0 Å². The summed E-state index contributed by atoms with van der Waals surface area (Å²) >= 11 is 1.94. The molecule has 0 aliphatic heterocycles. The van der Waals surface area contributed by atoms with E-state index < -0.39 is 0 Å². The molecule has 0 unspecified atom stereocenters. The number of hydrogen-bond donors (Lipinski definition) is 2. The lowest BCUT2D eigenvalue weighted by Gasteiger charge is -2.19. The largest absolute Gasteiger partial charge is 0.334 e. The average Bonchev–Trinajstić information content (AvgIpc) is 2.90. The number of rotatable bonds is 4. The fourth-order valence-electron chi connectivity index (χ4n) is 2.31. The Kier molecular flexibility index (Phi) is 4.52. The van der Waals surface area contributed by atoms with Crippen molar-refractivity contribution in [3.05, 3.63) is 12.3 Å². The van der Waals surface area contributed by atoms with Crippen LogP contribution in [0.25, 0.3) is 0 Å². The van der Waals surface area contributed by atoms with Crippen LogP contribution in [-0.4, -0.2) is 32.9 Å². The Balaban J connectivity index is 1.83. The van der Waals surface area contributed by atoms with E-state index in [4.69, 9.17) is 0 Å². The van der Waals surface area contributed by atoms with Crippen molar-refractivity contribution in [2.45, 2.75) is 37.5 Å². The molecule has 2 rings (SSSR count). The Morgan fingerprint density at radius 2 is 2.44 bits per heavy atom. The maximum absolute atomic E-state index is 11.8. The van der Waals surface area contributed by atoms with Gasteiger partial charge in [-0.1, -0.05) is 13.3 Å². The fourth-order valence-corrected chi connectivity index (χ4v) is 3.51. The third kappa shape index (κ3) is 3.41. The minimum atomic E-state index is -0.151. The highest BCUT2D eigenvalue weighted by Gasteiger charge is 2.28. The molecule has 0 bridgehead atoms. The van der Waals surface area contributed by atoms with Crippen molar-refractivity contribution in [2.75, 3.05) is 11.1 Å². The predicted octanol–water partition coefficient (Wildman–Crippen LogP) is 2.22. The molecular weight excluding hydrogens is 248 g/mol. The molecule has 1 aliphatic carbocycles. The van der Waals surface area contributed by atoms with Gasteiger partial charge in [-0.15, -0.1) is 0 Å². The third-order valence-electron chi connectivity index (χ3n) is 3.11. The van der Waals surface area contributed by atoms with E-state index in [1.807, 2.05) is 18.8 Å². The van der Waals surface area contributed by atoms with E-state index in [-0.39, 0.29) is 6.03 Å². The van der Waals surface area contributed by atoms with Crippen LogP contribution >= 0.6 is 11.8 Å². The summed E-state index contributed by atoms with van der Waals surface area (Å²) in [5.74, 6) is 1.69. The second-order valence-corrected chi connectivity index (χ2v) is 6.02. The standard InChI is InChI=1S/C12H20N4OS/c1-3-18-10-6-4-5-9(10)13-12(17)14-11-7-8-16(2)15-11/h7-10H,3-6H2,1-2H3,(H2,13,14,15,17)/t9-,10-/m1/s1. The molecule has 1 saturated carbocycles. The van der Waals surface area contributed by atoms with Crippen molar-refractivity contribution in [3.8, 4) is 0 Å². The number of carbonyl (C=O) groups is 1. The highest BCUT2D eigenvalue weighted by atomic mass is 32.2. The number of aryl methyl sites for hydroxylation is 1. The molecule has 1 aliphatic rings. The van der Waals surface area contributed by atoms with Crippen LogP contribution in [0.5, 0.6) is 0 Å². The first-order valence-electron chi connectivity index (χ1n) is 6.38. The normalized spacial score (nSPS) is 23.0. The van der Waals surface area contributed by atoms with Gasteiger partial charge in [0, 0.05) is 30.6 Å². The van der Waals surface area contributed by atoms with Crippen molar-refractivity contribution in [3.63, 3.8) is 0 Å². The van der Waals surface area contributed by atoms with Crippen molar-refractivity contribution < 1.29 is 4.79 Å². The van der Waals surface area contributed by atoms with Gasteiger partial charge in [0.2, 0.25) is 0 Å². The van der Waals surface area contributed by atoms with Gasteiger partial charge in [0.25, 0.3) is 0 Å². The molecule has 5 nitrogen and oxygen atoms in total. The molecule has 18 heavy (non-hydrogen) atoms. The van der Waals surface area contributed by atoms with Crippen LogP contribution in [0.1, 0.15) is 26.2 Å². The number of nitrogens with zero attached hydrogens (tertiary/aromatic N) is 2. The molecule has 0 radical (unpaired) electrons. The van der Waals surface area contributed by atoms with E-state index in [0.717, 1.165) is 12.2 Å². The number of carbonyl (C=O) groups excluding carboxylic acids is 1. The highest BCUT2D eigenvalue weighted by Crippen LogP contribution is 2.29. The summed E-state index contributed by atoms with van der Waals surface area (Å²) in [5.41, 5.74) is 0. The molecule has 1 aromatic rings. The van der Waals surface area contributed by atoms with Crippen LogP contribution in [0, 0.1) is 0 Å². The van der Waals surface area contributed by atoms with Crippen molar-refractivity contribution in [2.24, 2.45) is 7.05 Å². The van der Waals surface area contributed by atoms with Crippen LogP contribution in [0.2, 0.25) is 0 Å². The van der Waals surface area contributed by atoms with Gasteiger partial charge in [0.15, 0.2) is 5.82 Å². The highest BCUT2D eigenvalue weighted by molar-refractivity contribution is 7.99. The van der Waals surface area contributed by atoms with E-state index in [2.05, 4.69) is 22.7 Å². The lowest BCUT2D eigenvalue weighted by molar-refractivity contribution is 0.248. The molecule has 2 atom stereocenters. The van der Waals surface area contributed by atoms with Crippen molar-refractivity contribution >= 4 is 23.6 Å². The number of aromatic nitrogens is 2. The monoisotopic (exact) mass is 268 g/mol. The van der Waals surface area contributed by atoms with Gasteiger partial charge < -0.3 is 5.32 Å². The first-order valence-corrected chi connectivity index (χ1v) is 7.42. The smallest absolute Gasteiger partial charge is 0.320 e. The van der Waals surface area contributed by atoms with Crippen LogP contribution in [-0.2, 0) is 7.05 Å². The summed E-state index contributed by atoms with van der Waals surface area (Å²) in [6.45, 7) is 2.16. The summed E-state index contributed by atoms with van der Waals surface area (Å²) in [6, 6.07) is 1.92. The summed E-state index contributed by atoms with van der Waals surface area (Å²) in [5, 5.41) is 10.5. The van der Waals surface area contributed by atoms with Crippen LogP contribution in [0.15, 0.2) is 12.3 Å². The zero-order chi connectivity index (χ0) is 13.0. The van der Waals surface area contributed by atoms with Gasteiger partial charge >= 0.3 is 6.03 Å². The average molecular weight is 268 g/mol. The van der Waals surface area contributed by atoms with E-state index in [1.165, 1.54) is 12.8 Å². The van der Waals surface area contributed by atoms with Gasteiger partial charge in [-0.3, -0.25) is 10.00 Å². The third-order valence-corrected chi connectivity index (χ3v) is 4.43. The van der Waals surface area contributed by atoms with Gasteiger partial charge in [-0.05, 0) is 18.6 Å². The second-order valence-electron chi connectivity index (χ2n) is 4.50. The fraction of sp³-hybridized carbons (Fsp3) is 0.667. The van der Waals surface area contributed by atoms with E-state index in [0.29, 0.717) is 17.1 Å². The Morgan fingerprint density at radius 1 is 1.61 bits per heavy atom. The van der Waals surface area contributed by atoms with Gasteiger partial charge in [-0.25, -0.2) is 4.79 Å². The predicted molar refractivity (Wildman–Crippen MR) is 74.9 cm³/mol. The molecule has 0 spiro atoms. The Labute approximate surface area is 112 Å². The second kappa shape index (κ2) is 6.13. The first kappa shape index (κ1) is 13.3. The molecular formula is C12H20N4OS. The molecule has 2 N–H and O–H groups in total. The Bertz CT molecular complexity index is 407. The van der Waals surface area contributed by atoms with Crippen molar-refractivity contribution in [1.29, 1.82) is 0 Å². The van der Waals surface area contributed by atoms with E-state index >= 15 is 0 Å². The molecule has 2 amide bonds. The van der Waals surface area contributed by atoms with Gasteiger partial charge in [0.05, 0.1) is 0 Å². The molecule has 0 saturated heterocycles. The quantitative estimate of drug-likeness (QED) is 0.880. The molecule has 100 valence electrons. The maximum atomic E-state index is 11.8. The minimum Gasteiger partial charge on any atom is -0.334 e. The molecule has 6 heteroatoms. The van der Waals surface area contributed by atoms with Gasteiger partial charge in [-0.2, -0.15) is 16.9 Å². The molecule has 1 aromatic heterocycles. The molecule has 1 heterocycles. The summed E-state index contributed by atoms with van der Waals surface area (Å²) in [4.78, 5) is 11.8. The van der Waals surface area contributed by atoms with Crippen LogP contribution in [0.4, 0.5) is 10.6 Å². The summed E-state index contributed by atoms with van der Waals surface area (Å²) < 4.78 is 1.67. The number of anilines is 1. The van der Waals surface area contributed by atoms with E-state index in [9.17, 15) is 4.79 Å².